The van der Waals surface area contributed by atoms with Crippen molar-refractivity contribution < 1.29 is 9.90 Å². The van der Waals surface area contributed by atoms with E-state index in [2.05, 4.69) is 26.8 Å². The number of nitrogens with zero attached hydrogens (tertiary/aromatic N) is 4. The summed E-state index contributed by atoms with van der Waals surface area (Å²) in [5.41, 5.74) is 3.50. The zero-order chi connectivity index (χ0) is 21.1. The van der Waals surface area contributed by atoms with Crippen LogP contribution in [0, 0.1) is 11.3 Å². The topological polar surface area (TPSA) is 80.4 Å². The van der Waals surface area contributed by atoms with E-state index in [9.17, 15) is 14.7 Å². The Balaban J connectivity index is 1.73. The Morgan fingerprint density at radius 1 is 1.31 bits per heavy atom. The van der Waals surface area contributed by atoms with Crippen molar-refractivity contribution in [3.8, 4) is 0 Å². The second-order valence-electron chi connectivity index (χ2n) is 9.66. The lowest BCUT2D eigenvalue weighted by Gasteiger charge is -2.44. The molecule has 0 saturated carbocycles. The van der Waals surface area contributed by atoms with E-state index in [1.165, 1.54) is 6.92 Å². The lowest BCUT2D eigenvalue weighted by Crippen LogP contribution is -2.52. The number of pyridine rings is 1. The standard InChI is InChI=1S/C22H30N4O3/c1-13(27)20(28)25-11-14-6-7-15(25)10-16(14)17-8-9-18-19(23-17)24(5)21(29)26(18)12-22(2,3)4/h8-10,13-15,27H,6-7,11-12H2,1-5H3/t13-,14?,15?/m0/s1. The van der Waals surface area contributed by atoms with Crippen molar-refractivity contribution in [3.05, 3.63) is 34.4 Å². The number of fused-ring (bicyclic) bond motifs is 3. The molecule has 3 aliphatic rings. The monoisotopic (exact) mass is 398 g/mol. The number of aromatic nitrogens is 3. The fraction of sp³-hybridized carbons (Fsp3) is 0.591. The molecule has 2 aromatic rings. The van der Waals surface area contributed by atoms with Gasteiger partial charge in [-0.25, -0.2) is 9.78 Å². The second kappa shape index (κ2) is 6.83. The number of carbonyl (C=O) groups is 1. The van der Waals surface area contributed by atoms with Gasteiger partial charge in [0.05, 0.1) is 17.3 Å². The minimum atomic E-state index is -0.974. The largest absolute Gasteiger partial charge is 0.384 e. The van der Waals surface area contributed by atoms with Crippen LogP contribution in [0.25, 0.3) is 16.7 Å². The molecule has 1 fully saturated rings. The molecule has 7 nitrogen and oxygen atoms in total. The summed E-state index contributed by atoms with van der Waals surface area (Å²) in [6.07, 6.45) is 3.06. The number of aryl methyl sites for hydroxylation is 1. The van der Waals surface area contributed by atoms with Gasteiger partial charge >= 0.3 is 5.69 Å². The van der Waals surface area contributed by atoms with Gasteiger partial charge in [-0.15, -0.1) is 0 Å². The summed E-state index contributed by atoms with van der Waals surface area (Å²) in [5.74, 6) is 0.00130. The molecule has 4 heterocycles. The van der Waals surface area contributed by atoms with E-state index in [0.717, 1.165) is 29.6 Å². The lowest BCUT2D eigenvalue weighted by atomic mass is 9.78. The third-order valence-electron chi connectivity index (χ3n) is 5.99. The van der Waals surface area contributed by atoms with Crippen LogP contribution in [0.4, 0.5) is 0 Å². The predicted octanol–water partition coefficient (Wildman–Crippen LogP) is 2.17. The van der Waals surface area contributed by atoms with Crippen molar-refractivity contribution in [2.45, 2.75) is 59.2 Å². The quantitative estimate of drug-likeness (QED) is 0.859. The van der Waals surface area contributed by atoms with E-state index in [1.807, 2.05) is 12.1 Å². The highest BCUT2D eigenvalue weighted by atomic mass is 16.3. The molecule has 1 amide bonds. The number of aliphatic hydroxyl groups excluding tert-OH is 1. The summed E-state index contributed by atoms with van der Waals surface area (Å²) in [6, 6.07) is 3.99. The van der Waals surface area contributed by atoms with Crippen molar-refractivity contribution in [2.75, 3.05) is 6.54 Å². The van der Waals surface area contributed by atoms with Gasteiger partial charge in [0.1, 0.15) is 6.10 Å². The molecule has 5 rings (SSSR count). The summed E-state index contributed by atoms with van der Waals surface area (Å²) >= 11 is 0. The van der Waals surface area contributed by atoms with Gasteiger partial charge in [0.2, 0.25) is 0 Å². The Morgan fingerprint density at radius 2 is 2.03 bits per heavy atom. The number of aliphatic hydroxyl groups is 1. The minimum absolute atomic E-state index is 0.00362. The molecule has 1 aliphatic carbocycles. The van der Waals surface area contributed by atoms with Crippen LogP contribution < -0.4 is 5.69 Å². The molecule has 29 heavy (non-hydrogen) atoms. The van der Waals surface area contributed by atoms with Gasteiger partial charge in [0.15, 0.2) is 5.65 Å². The van der Waals surface area contributed by atoms with Crippen LogP contribution in [-0.4, -0.2) is 48.7 Å². The van der Waals surface area contributed by atoms with Crippen LogP contribution in [0.15, 0.2) is 23.0 Å². The summed E-state index contributed by atoms with van der Waals surface area (Å²) in [6.45, 7) is 9.11. The van der Waals surface area contributed by atoms with Crippen molar-refractivity contribution >= 4 is 22.6 Å². The summed E-state index contributed by atoms with van der Waals surface area (Å²) in [4.78, 5) is 31.7. The number of carbonyl (C=O) groups excluding carboxylic acids is 1. The molecule has 1 N–H and O–H groups in total. The predicted molar refractivity (Wildman–Crippen MR) is 112 cm³/mol. The zero-order valence-corrected chi connectivity index (χ0v) is 17.8. The Labute approximate surface area is 170 Å². The highest BCUT2D eigenvalue weighted by molar-refractivity contribution is 5.83. The van der Waals surface area contributed by atoms with Gasteiger partial charge in [-0.2, -0.15) is 0 Å². The molecule has 2 aliphatic heterocycles. The van der Waals surface area contributed by atoms with E-state index in [1.54, 1.807) is 21.1 Å². The van der Waals surface area contributed by atoms with Gasteiger partial charge in [-0.05, 0) is 42.9 Å². The maximum atomic E-state index is 12.8. The van der Waals surface area contributed by atoms with E-state index in [-0.39, 0.29) is 29.0 Å². The number of rotatable bonds is 3. The third kappa shape index (κ3) is 3.41. The number of imidazole rings is 1. The molecular weight excluding hydrogens is 368 g/mol. The van der Waals surface area contributed by atoms with Crippen LogP contribution in [0.5, 0.6) is 0 Å². The molecule has 2 bridgehead atoms. The number of amides is 1. The Hall–Kier alpha value is -2.41. The average Bonchev–Trinajstić information content (AvgIpc) is 2.90. The van der Waals surface area contributed by atoms with Gasteiger partial charge < -0.3 is 10.0 Å². The minimum Gasteiger partial charge on any atom is -0.384 e. The first kappa shape index (κ1) is 19.9. The normalized spacial score (nSPS) is 22.8. The van der Waals surface area contributed by atoms with E-state index >= 15 is 0 Å². The van der Waals surface area contributed by atoms with E-state index < -0.39 is 6.10 Å². The van der Waals surface area contributed by atoms with Gasteiger partial charge in [-0.3, -0.25) is 13.9 Å². The molecule has 2 unspecified atom stereocenters. The van der Waals surface area contributed by atoms with Crippen LogP contribution in [0.3, 0.4) is 0 Å². The molecule has 2 aromatic heterocycles. The zero-order valence-electron chi connectivity index (χ0n) is 17.8. The molecule has 7 heteroatoms. The Kier molecular flexibility index (Phi) is 4.69. The maximum Gasteiger partial charge on any atom is 0.330 e. The smallest absolute Gasteiger partial charge is 0.330 e. The molecule has 156 valence electrons. The Morgan fingerprint density at radius 3 is 2.62 bits per heavy atom. The fourth-order valence-electron chi connectivity index (χ4n) is 4.61. The number of piperidine rings is 1. The van der Waals surface area contributed by atoms with Crippen molar-refractivity contribution in [1.29, 1.82) is 0 Å². The number of hydrogen-bond donors (Lipinski definition) is 1. The lowest BCUT2D eigenvalue weighted by molar-refractivity contribution is -0.142. The summed E-state index contributed by atoms with van der Waals surface area (Å²) in [7, 11) is 1.77. The molecule has 3 atom stereocenters. The molecule has 1 saturated heterocycles. The average molecular weight is 399 g/mol. The van der Waals surface area contributed by atoms with E-state index in [0.29, 0.717) is 18.7 Å². The highest BCUT2D eigenvalue weighted by Gasteiger charge is 2.39. The third-order valence-corrected chi connectivity index (χ3v) is 5.99. The van der Waals surface area contributed by atoms with Gasteiger partial charge in [0.25, 0.3) is 5.91 Å². The van der Waals surface area contributed by atoms with Crippen LogP contribution in [-0.2, 0) is 18.4 Å². The molecule has 0 radical (unpaired) electrons. The van der Waals surface area contributed by atoms with Crippen LogP contribution in [0.1, 0.15) is 46.2 Å². The Bertz CT molecular complexity index is 1050. The summed E-state index contributed by atoms with van der Waals surface area (Å²) < 4.78 is 3.42. The molecule has 0 aromatic carbocycles. The van der Waals surface area contributed by atoms with Crippen molar-refractivity contribution in [1.82, 2.24) is 19.0 Å². The highest BCUT2D eigenvalue weighted by Crippen LogP contribution is 2.40. The first-order chi connectivity index (χ1) is 13.6. The van der Waals surface area contributed by atoms with Gasteiger partial charge in [-0.1, -0.05) is 26.8 Å². The number of hydrogen-bond acceptors (Lipinski definition) is 4. The van der Waals surface area contributed by atoms with Gasteiger partial charge in [0, 0.05) is 26.1 Å². The second-order valence-corrected chi connectivity index (χ2v) is 9.66. The SMILES string of the molecule is C[C@H](O)C(=O)N1CC2CCC1C=C2c1ccc2c(n1)n(C)c(=O)n2CC(C)(C)C. The fourth-order valence-corrected chi connectivity index (χ4v) is 4.61. The van der Waals surface area contributed by atoms with E-state index in [4.69, 9.17) is 4.98 Å². The molecule has 0 spiro atoms. The maximum absolute atomic E-state index is 12.8. The molecular formula is C22H30N4O3. The first-order valence-corrected chi connectivity index (χ1v) is 10.3. The van der Waals surface area contributed by atoms with Crippen LogP contribution >= 0.6 is 0 Å². The first-order valence-electron chi connectivity index (χ1n) is 10.3. The van der Waals surface area contributed by atoms with Crippen molar-refractivity contribution in [2.24, 2.45) is 18.4 Å². The van der Waals surface area contributed by atoms with Crippen LogP contribution in [0.2, 0.25) is 0 Å². The van der Waals surface area contributed by atoms with Crippen molar-refractivity contribution in [3.63, 3.8) is 0 Å². The summed E-state index contributed by atoms with van der Waals surface area (Å²) in [5, 5.41) is 9.68.